The molecule has 35 heavy (non-hydrogen) atoms. The van der Waals surface area contributed by atoms with Gasteiger partial charge in [0.25, 0.3) is 0 Å². The number of fused-ring (bicyclic) bond motifs is 3. The number of hydrogen-bond acceptors (Lipinski definition) is 4. The van der Waals surface area contributed by atoms with Gasteiger partial charge in [-0.15, -0.1) is 0 Å². The molecule has 2 aromatic rings. The van der Waals surface area contributed by atoms with E-state index in [9.17, 15) is 19.5 Å². The Kier molecular flexibility index (Phi) is 7.73. The van der Waals surface area contributed by atoms with E-state index >= 15 is 0 Å². The van der Waals surface area contributed by atoms with Crippen molar-refractivity contribution >= 4 is 18.0 Å². The average molecular weight is 479 g/mol. The highest BCUT2D eigenvalue weighted by Crippen LogP contribution is 2.44. The monoisotopic (exact) mass is 478 g/mol. The van der Waals surface area contributed by atoms with Crippen molar-refractivity contribution in [1.29, 1.82) is 0 Å². The van der Waals surface area contributed by atoms with Gasteiger partial charge in [0.05, 0.1) is 6.42 Å². The molecule has 0 spiro atoms. The van der Waals surface area contributed by atoms with Crippen molar-refractivity contribution in [3.8, 4) is 11.1 Å². The zero-order valence-corrected chi connectivity index (χ0v) is 20.3. The second kappa shape index (κ2) is 10.9. The number of aliphatic carboxylic acids is 1. The lowest BCUT2D eigenvalue weighted by molar-refractivity contribution is -0.139. The molecule has 0 aromatic heterocycles. The van der Waals surface area contributed by atoms with Crippen LogP contribution in [0.4, 0.5) is 4.79 Å². The first-order valence-electron chi connectivity index (χ1n) is 12.5. The molecule has 2 aliphatic carbocycles. The van der Waals surface area contributed by atoms with E-state index < -0.39 is 18.1 Å². The molecule has 0 bridgehead atoms. The topological polar surface area (TPSA) is 105 Å². The van der Waals surface area contributed by atoms with Crippen LogP contribution < -0.4 is 10.6 Å². The highest BCUT2D eigenvalue weighted by molar-refractivity contribution is 5.86. The van der Waals surface area contributed by atoms with E-state index in [1.165, 1.54) is 0 Å². The summed E-state index contributed by atoms with van der Waals surface area (Å²) in [4.78, 5) is 37.1. The maximum atomic E-state index is 13.1. The second-order valence-electron chi connectivity index (χ2n) is 9.95. The molecule has 2 amide bonds. The zero-order valence-electron chi connectivity index (χ0n) is 20.3. The molecule has 1 saturated carbocycles. The van der Waals surface area contributed by atoms with Crippen molar-refractivity contribution in [2.45, 2.75) is 64.0 Å². The fourth-order valence-corrected chi connectivity index (χ4v) is 5.44. The van der Waals surface area contributed by atoms with Crippen molar-refractivity contribution in [3.63, 3.8) is 0 Å². The Labute approximate surface area is 206 Å². The Morgan fingerprint density at radius 2 is 1.57 bits per heavy atom. The number of carboxylic acid groups (broad SMARTS) is 1. The van der Waals surface area contributed by atoms with Crippen LogP contribution in [0.1, 0.15) is 63.0 Å². The first-order chi connectivity index (χ1) is 16.8. The van der Waals surface area contributed by atoms with Crippen molar-refractivity contribution < 1.29 is 24.2 Å². The maximum Gasteiger partial charge on any atom is 0.407 e. The standard InChI is InChI=1S/C28H34N2O5/c1-17(2)26(27(33)29-24-14-8-3-9-18(24)15-25(31)32)30-28(34)35-16-23-21-12-6-4-10-19(21)20-11-5-7-13-22(20)23/h4-7,10-13,17-18,23-24,26H,3,8-9,14-16H2,1-2H3,(H,29,33)(H,30,34)(H,31,32)/t18-,24-,26-/m1/s1. The lowest BCUT2D eigenvalue weighted by Crippen LogP contribution is -2.54. The summed E-state index contributed by atoms with van der Waals surface area (Å²) < 4.78 is 5.63. The molecule has 1 fully saturated rings. The number of hydrogen-bond donors (Lipinski definition) is 3. The van der Waals surface area contributed by atoms with Crippen LogP contribution in [-0.2, 0) is 14.3 Å². The van der Waals surface area contributed by atoms with Gasteiger partial charge in [0, 0.05) is 12.0 Å². The lowest BCUT2D eigenvalue weighted by atomic mass is 9.82. The fraction of sp³-hybridized carbons (Fsp3) is 0.464. The number of ether oxygens (including phenoxy) is 1. The van der Waals surface area contributed by atoms with Crippen LogP contribution in [0, 0.1) is 11.8 Å². The Balaban J connectivity index is 1.38. The Hall–Kier alpha value is -3.35. The van der Waals surface area contributed by atoms with Gasteiger partial charge in [0.15, 0.2) is 0 Å². The van der Waals surface area contributed by atoms with Crippen LogP contribution in [-0.4, -0.2) is 41.8 Å². The van der Waals surface area contributed by atoms with Crippen LogP contribution in [0.5, 0.6) is 0 Å². The van der Waals surface area contributed by atoms with Crippen molar-refractivity contribution in [2.75, 3.05) is 6.61 Å². The molecule has 7 nitrogen and oxygen atoms in total. The molecule has 3 atom stereocenters. The third kappa shape index (κ3) is 5.66. The van der Waals surface area contributed by atoms with Gasteiger partial charge in [0.1, 0.15) is 12.6 Å². The summed E-state index contributed by atoms with van der Waals surface area (Å²) in [5, 5.41) is 15.0. The summed E-state index contributed by atoms with van der Waals surface area (Å²) in [5.74, 6) is -1.45. The van der Waals surface area contributed by atoms with E-state index in [-0.39, 0.29) is 42.7 Å². The van der Waals surface area contributed by atoms with E-state index in [0.29, 0.717) is 0 Å². The summed E-state index contributed by atoms with van der Waals surface area (Å²) in [5.41, 5.74) is 4.56. The molecular formula is C28H34N2O5. The highest BCUT2D eigenvalue weighted by atomic mass is 16.5. The van der Waals surface area contributed by atoms with Crippen molar-refractivity contribution in [1.82, 2.24) is 10.6 Å². The van der Waals surface area contributed by atoms with Gasteiger partial charge in [-0.2, -0.15) is 0 Å². The largest absolute Gasteiger partial charge is 0.481 e. The minimum atomic E-state index is -0.853. The smallest absolute Gasteiger partial charge is 0.407 e. The van der Waals surface area contributed by atoms with Crippen LogP contribution in [0.3, 0.4) is 0 Å². The number of amides is 2. The predicted molar refractivity (Wildman–Crippen MR) is 133 cm³/mol. The third-order valence-electron chi connectivity index (χ3n) is 7.24. The summed E-state index contributed by atoms with van der Waals surface area (Å²) in [7, 11) is 0. The molecular weight excluding hydrogens is 444 g/mol. The summed E-state index contributed by atoms with van der Waals surface area (Å²) >= 11 is 0. The van der Waals surface area contributed by atoms with E-state index in [0.717, 1.165) is 47.9 Å². The van der Waals surface area contributed by atoms with Gasteiger partial charge in [-0.3, -0.25) is 9.59 Å². The minimum Gasteiger partial charge on any atom is -0.481 e. The molecule has 186 valence electrons. The fourth-order valence-electron chi connectivity index (χ4n) is 5.44. The number of nitrogens with one attached hydrogen (secondary N) is 2. The van der Waals surface area contributed by atoms with Gasteiger partial charge in [-0.1, -0.05) is 75.2 Å². The Morgan fingerprint density at radius 1 is 0.971 bits per heavy atom. The lowest BCUT2D eigenvalue weighted by Gasteiger charge is -2.33. The summed E-state index contributed by atoms with van der Waals surface area (Å²) in [6, 6.07) is 15.3. The number of carbonyl (C=O) groups is 3. The quantitative estimate of drug-likeness (QED) is 0.510. The van der Waals surface area contributed by atoms with Gasteiger partial charge in [-0.05, 0) is 46.9 Å². The minimum absolute atomic E-state index is 0.0388. The Morgan fingerprint density at radius 3 is 2.17 bits per heavy atom. The SMILES string of the molecule is CC(C)[C@@H](NC(=O)OCC1c2ccccc2-c2ccccc21)C(=O)N[C@@H]1CCCC[C@@H]1CC(=O)O. The van der Waals surface area contributed by atoms with Gasteiger partial charge < -0.3 is 20.5 Å². The number of rotatable bonds is 8. The molecule has 2 aliphatic rings. The van der Waals surface area contributed by atoms with E-state index in [4.69, 9.17) is 4.74 Å². The summed E-state index contributed by atoms with van der Waals surface area (Å²) in [6.07, 6.45) is 2.86. The Bertz CT molecular complexity index is 1040. The summed E-state index contributed by atoms with van der Waals surface area (Å²) in [6.45, 7) is 3.91. The second-order valence-corrected chi connectivity index (χ2v) is 9.95. The van der Waals surface area contributed by atoms with Gasteiger partial charge in [-0.25, -0.2) is 4.79 Å². The number of carbonyl (C=O) groups excluding carboxylic acids is 2. The molecule has 0 radical (unpaired) electrons. The highest BCUT2D eigenvalue weighted by Gasteiger charge is 2.33. The van der Waals surface area contributed by atoms with Crippen LogP contribution >= 0.6 is 0 Å². The predicted octanol–water partition coefficient (Wildman–Crippen LogP) is 4.70. The number of benzene rings is 2. The number of carboxylic acids is 1. The molecule has 7 heteroatoms. The first-order valence-corrected chi connectivity index (χ1v) is 12.5. The molecule has 2 aromatic carbocycles. The normalized spacial score (nSPS) is 20.0. The maximum absolute atomic E-state index is 13.1. The van der Waals surface area contributed by atoms with E-state index in [1.807, 2.05) is 38.1 Å². The van der Waals surface area contributed by atoms with Crippen LogP contribution in [0.15, 0.2) is 48.5 Å². The van der Waals surface area contributed by atoms with Crippen LogP contribution in [0.25, 0.3) is 11.1 Å². The molecule has 3 N–H and O–H groups in total. The zero-order chi connectivity index (χ0) is 24.9. The van der Waals surface area contributed by atoms with E-state index in [1.54, 1.807) is 0 Å². The molecule has 0 aliphatic heterocycles. The molecule has 0 unspecified atom stereocenters. The van der Waals surface area contributed by atoms with Gasteiger partial charge in [0.2, 0.25) is 5.91 Å². The van der Waals surface area contributed by atoms with Gasteiger partial charge >= 0.3 is 12.1 Å². The van der Waals surface area contributed by atoms with Crippen molar-refractivity contribution in [2.24, 2.45) is 11.8 Å². The molecule has 4 rings (SSSR count). The first kappa shape index (κ1) is 24.8. The van der Waals surface area contributed by atoms with E-state index in [2.05, 4.69) is 34.9 Å². The number of alkyl carbamates (subject to hydrolysis) is 1. The average Bonchev–Trinajstić information content (AvgIpc) is 3.15. The van der Waals surface area contributed by atoms with Crippen LogP contribution in [0.2, 0.25) is 0 Å². The molecule has 0 saturated heterocycles. The third-order valence-corrected chi connectivity index (χ3v) is 7.24. The molecule has 0 heterocycles. The van der Waals surface area contributed by atoms with Crippen molar-refractivity contribution in [3.05, 3.63) is 59.7 Å².